The Bertz CT molecular complexity index is 1240. The predicted molar refractivity (Wildman–Crippen MR) is 124 cm³/mol. The SMILES string of the molecule is COC(=O)C(C(=O)OC)C(Nc1ccc(S(=O)(=O)Nc2cc(Cl)on2)cc1)c1ccc(C)cc1. The van der Waals surface area contributed by atoms with Gasteiger partial charge in [0.15, 0.2) is 11.7 Å². The van der Waals surface area contributed by atoms with Gasteiger partial charge in [0.25, 0.3) is 10.0 Å². The number of aryl methyl sites for hydroxylation is 1. The molecule has 1 heterocycles. The first-order valence-electron chi connectivity index (χ1n) is 9.88. The Morgan fingerprint density at radius 1 is 1.00 bits per heavy atom. The molecule has 34 heavy (non-hydrogen) atoms. The van der Waals surface area contributed by atoms with Gasteiger partial charge in [0.05, 0.1) is 25.2 Å². The van der Waals surface area contributed by atoms with Crippen LogP contribution in [0.1, 0.15) is 17.2 Å². The summed E-state index contributed by atoms with van der Waals surface area (Å²) in [4.78, 5) is 24.9. The summed E-state index contributed by atoms with van der Waals surface area (Å²) >= 11 is 5.62. The molecule has 1 atom stereocenters. The molecule has 0 saturated heterocycles. The summed E-state index contributed by atoms with van der Waals surface area (Å²) in [6.07, 6.45) is 0. The number of nitrogens with one attached hydrogen (secondary N) is 2. The number of rotatable bonds is 9. The lowest BCUT2D eigenvalue weighted by atomic mass is 9.92. The molecule has 0 fully saturated rings. The largest absolute Gasteiger partial charge is 0.468 e. The zero-order valence-electron chi connectivity index (χ0n) is 18.4. The van der Waals surface area contributed by atoms with Crippen molar-refractivity contribution in [2.24, 2.45) is 5.92 Å². The minimum Gasteiger partial charge on any atom is -0.468 e. The molecule has 2 N–H and O–H groups in total. The van der Waals surface area contributed by atoms with Crippen LogP contribution in [-0.4, -0.2) is 39.7 Å². The fraction of sp³-hybridized carbons (Fsp3) is 0.227. The highest BCUT2D eigenvalue weighted by Gasteiger charge is 2.38. The number of carbonyl (C=O) groups is 2. The second-order valence-corrected chi connectivity index (χ2v) is 9.26. The normalized spacial score (nSPS) is 12.1. The summed E-state index contributed by atoms with van der Waals surface area (Å²) in [7, 11) is -1.60. The van der Waals surface area contributed by atoms with Gasteiger partial charge in [-0.15, -0.1) is 0 Å². The van der Waals surface area contributed by atoms with E-state index in [1.54, 1.807) is 12.1 Å². The van der Waals surface area contributed by atoms with Crippen molar-refractivity contribution in [1.29, 1.82) is 0 Å². The molecule has 0 aliphatic rings. The fourth-order valence-electron chi connectivity index (χ4n) is 3.16. The predicted octanol–water partition coefficient (Wildman–Crippen LogP) is 3.55. The van der Waals surface area contributed by atoms with Gasteiger partial charge in [-0.05, 0) is 48.4 Å². The number of hydrogen-bond donors (Lipinski definition) is 2. The number of nitrogens with zero attached hydrogens (tertiary/aromatic N) is 1. The minimum absolute atomic E-state index is 0.0541. The maximum atomic E-state index is 12.6. The van der Waals surface area contributed by atoms with Gasteiger partial charge in [-0.2, -0.15) is 0 Å². The maximum absolute atomic E-state index is 12.6. The average Bonchev–Trinajstić information content (AvgIpc) is 3.22. The van der Waals surface area contributed by atoms with Gasteiger partial charge in [-0.1, -0.05) is 35.0 Å². The van der Waals surface area contributed by atoms with Crippen LogP contribution in [0.3, 0.4) is 0 Å². The number of anilines is 2. The zero-order chi connectivity index (χ0) is 24.9. The molecule has 3 aromatic rings. The minimum atomic E-state index is -3.96. The monoisotopic (exact) mass is 507 g/mol. The number of halogens is 1. The Hall–Kier alpha value is -3.57. The molecule has 12 heteroatoms. The van der Waals surface area contributed by atoms with Crippen molar-refractivity contribution in [2.45, 2.75) is 17.9 Å². The van der Waals surface area contributed by atoms with Crippen LogP contribution in [0.5, 0.6) is 0 Å². The number of carbonyl (C=O) groups excluding carboxylic acids is 2. The number of sulfonamides is 1. The first kappa shape index (κ1) is 25.1. The van der Waals surface area contributed by atoms with Gasteiger partial charge in [0, 0.05) is 11.8 Å². The molecule has 2 aromatic carbocycles. The number of benzene rings is 2. The van der Waals surface area contributed by atoms with Crippen molar-refractivity contribution in [1.82, 2.24) is 5.16 Å². The van der Waals surface area contributed by atoms with Crippen LogP contribution in [0, 0.1) is 12.8 Å². The van der Waals surface area contributed by atoms with Crippen molar-refractivity contribution in [3.05, 3.63) is 70.9 Å². The Kier molecular flexibility index (Phi) is 7.79. The molecular weight excluding hydrogens is 486 g/mol. The molecule has 10 nitrogen and oxygen atoms in total. The highest BCUT2D eigenvalue weighted by Crippen LogP contribution is 2.30. The van der Waals surface area contributed by atoms with Gasteiger partial charge >= 0.3 is 11.9 Å². The van der Waals surface area contributed by atoms with Crippen molar-refractivity contribution >= 4 is 45.1 Å². The summed E-state index contributed by atoms with van der Waals surface area (Å²) in [5.74, 6) is -2.93. The quantitative estimate of drug-likeness (QED) is 0.329. The number of hydrogen-bond acceptors (Lipinski definition) is 9. The molecule has 0 aliphatic carbocycles. The molecule has 0 saturated carbocycles. The molecule has 180 valence electrons. The first-order valence-corrected chi connectivity index (χ1v) is 11.7. The van der Waals surface area contributed by atoms with E-state index in [1.807, 2.05) is 19.1 Å². The topological polar surface area (TPSA) is 137 Å². The van der Waals surface area contributed by atoms with Gasteiger partial charge in [0.2, 0.25) is 5.22 Å². The van der Waals surface area contributed by atoms with Crippen molar-refractivity contribution in [3.8, 4) is 0 Å². The van der Waals surface area contributed by atoms with Crippen LogP contribution in [0.15, 0.2) is 64.0 Å². The Morgan fingerprint density at radius 3 is 2.09 bits per heavy atom. The molecule has 1 aromatic heterocycles. The third-order valence-corrected chi connectivity index (χ3v) is 6.44. The highest BCUT2D eigenvalue weighted by atomic mass is 35.5. The van der Waals surface area contributed by atoms with Crippen LogP contribution < -0.4 is 10.0 Å². The van der Waals surface area contributed by atoms with Gasteiger partial charge in [0.1, 0.15) is 0 Å². The van der Waals surface area contributed by atoms with Crippen molar-refractivity contribution in [2.75, 3.05) is 24.3 Å². The number of methoxy groups -OCH3 is 2. The third kappa shape index (κ3) is 5.86. The number of ether oxygens (including phenoxy) is 2. The standard InChI is InChI=1S/C22H22ClN3O7S/c1-13-4-6-14(7-5-13)20(19(21(27)31-2)22(28)32-3)24-15-8-10-16(11-9-15)34(29,30)26-18-12-17(23)33-25-18/h4-12,19-20,24H,1-3H3,(H,25,26). The molecular formula is C22H22ClN3O7S. The Morgan fingerprint density at radius 2 is 1.59 bits per heavy atom. The molecule has 3 rings (SSSR count). The van der Waals surface area contributed by atoms with Crippen LogP contribution in [0.25, 0.3) is 0 Å². The highest BCUT2D eigenvalue weighted by molar-refractivity contribution is 7.92. The summed E-state index contributed by atoms with van der Waals surface area (Å²) in [5.41, 5.74) is 2.07. The van der Waals surface area contributed by atoms with E-state index in [1.165, 1.54) is 44.6 Å². The summed E-state index contributed by atoms with van der Waals surface area (Å²) in [6.45, 7) is 1.91. The Balaban J connectivity index is 1.90. The van der Waals surface area contributed by atoms with E-state index in [4.69, 9.17) is 21.1 Å². The van der Waals surface area contributed by atoms with E-state index in [-0.39, 0.29) is 15.9 Å². The Labute approximate surface area is 201 Å². The zero-order valence-corrected chi connectivity index (χ0v) is 20.0. The number of esters is 2. The average molecular weight is 508 g/mol. The molecule has 0 amide bonds. The van der Waals surface area contributed by atoms with Gasteiger partial charge in [-0.25, -0.2) is 8.42 Å². The molecule has 0 radical (unpaired) electrons. The lowest BCUT2D eigenvalue weighted by Crippen LogP contribution is -2.35. The van der Waals surface area contributed by atoms with E-state index < -0.39 is 33.9 Å². The van der Waals surface area contributed by atoms with Crippen LogP contribution in [-0.2, 0) is 29.1 Å². The molecule has 1 unspecified atom stereocenters. The molecule has 0 bridgehead atoms. The van der Waals surface area contributed by atoms with E-state index >= 15 is 0 Å². The second kappa shape index (κ2) is 10.6. The van der Waals surface area contributed by atoms with Crippen molar-refractivity contribution in [3.63, 3.8) is 0 Å². The van der Waals surface area contributed by atoms with E-state index in [0.29, 0.717) is 11.3 Å². The lowest BCUT2D eigenvalue weighted by Gasteiger charge is -2.26. The molecule has 0 aliphatic heterocycles. The summed E-state index contributed by atoms with van der Waals surface area (Å²) in [6, 6.07) is 13.3. The smallest absolute Gasteiger partial charge is 0.322 e. The first-order chi connectivity index (χ1) is 16.1. The lowest BCUT2D eigenvalue weighted by molar-refractivity contribution is -0.159. The van der Waals surface area contributed by atoms with Crippen LogP contribution in [0.2, 0.25) is 5.22 Å². The maximum Gasteiger partial charge on any atom is 0.322 e. The van der Waals surface area contributed by atoms with E-state index in [0.717, 1.165) is 5.56 Å². The van der Waals surface area contributed by atoms with E-state index in [9.17, 15) is 18.0 Å². The van der Waals surface area contributed by atoms with Crippen molar-refractivity contribution < 1.29 is 32.0 Å². The fourth-order valence-corrected chi connectivity index (χ4v) is 4.28. The van der Waals surface area contributed by atoms with Gasteiger partial charge in [-0.3, -0.25) is 14.3 Å². The van der Waals surface area contributed by atoms with Crippen LogP contribution >= 0.6 is 11.6 Å². The van der Waals surface area contributed by atoms with E-state index in [2.05, 4.69) is 19.7 Å². The summed E-state index contributed by atoms with van der Waals surface area (Å²) in [5, 5.41) is 6.55. The number of aromatic nitrogens is 1. The molecule has 0 spiro atoms. The second-order valence-electron chi connectivity index (χ2n) is 7.20. The van der Waals surface area contributed by atoms with Crippen LogP contribution in [0.4, 0.5) is 11.5 Å². The third-order valence-electron chi connectivity index (χ3n) is 4.89. The summed E-state index contributed by atoms with van der Waals surface area (Å²) < 4.78 is 41.7. The van der Waals surface area contributed by atoms with Gasteiger partial charge < -0.3 is 19.3 Å².